The summed E-state index contributed by atoms with van der Waals surface area (Å²) < 4.78 is 26.0. The molecule has 0 unspecified atom stereocenters. The van der Waals surface area contributed by atoms with Gasteiger partial charge in [0, 0.05) is 39.6 Å². The fourth-order valence-corrected chi connectivity index (χ4v) is 4.47. The molecule has 0 spiro atoms. The molecule has 0 aromatic carbocycles. The van der Waals surface area contributed by atoms with Crippen LogP contribution >= 0.6 is 11.3 Å². The van der Waals surface area contributed by atoms with Gasteiger partial charge in [-0.3, -0.25) is 9.69 Å². The van der Waals surface area contributed by atoms with E-state index in [1.807, 2.05) is 4.90 Å². The van der Waals surface area contributed by atoms with Gasteiger partial charge in [-0.2, -0.15) is 4.31 Å². The zero-order valence-electron chi connectivity index (χ0n) is 11.5. The number of aliphatic hydroxyl groups excluding tert-OH is 1. The third-order valence-corrected chi connectivity index (χ3v) is 6.08. The van der Waals surface area contributed by atoms with Crippen molar-refractivity contribution in [3.63, 3.8) is 0 Å². The van der Waals surface area contributed by atoms with Crippen molar-refractivity contribution in [3.05, 3.63) is 0 Å². The van der Waals surface area contributed by atoms with E-state index in [4.69, 9.17) is 5.11 Å². The molecule has 1 aromatic heterocycles. The molecule has 0 bridgehead atoms. The fraction of sp³-hybridized carbons (Fsp3) is 0.700. The number of aliphatic hydroxyl groups is 1. The van der Waals surface area contributed by atoms with Gasteiger partial charge in [0.15, 0.2) is 0 Å². The SMILES string of the molecule is CC(=O)Nc1nnc(S(=O)(=O)N2CCN(CCO)CC2)s1. The number of rotatable bonds is 5. The molecule has 0 saturated carbocycles. The number of carbonyl (C=O) groups is 1. The number of nitrogens with zero attached hydrogens (tertiary/aromatic N) is 4. The highest BCUT2D eigenvalue weighted by Crippen LogP contribution is 2.24. The Bertz CT molecular complexity index is 594. The summed E-state index contributed by atoms with van der Waals surface area (Å²) in [5.74, 6) is -0.326. The maximum atomic E-state index is 12.4. The molecule has 2 N–H and O–H groups in total. The Labute approximate surface area is 126 Å². The highest BCUT2D eigenvalue weighted by Gasteiger charge is 2.31. The largest absolute Gasteiger partial charge is 0.395 e. The van der Waals surface area contributed by atoms with E-state index in [2.05, 4.69) is 15.5 Å². The van der Waals surface area contributed by atoms with Crippen LogP contribution in [0.1, 0.15) is 6.92 Å². The van der Waals surface area contributed by atoms with E-state index in [1.54, 1.807) is 0 Å². The van der Waals surface area contributed by atoms with Crippen LogP contribution in [0, 0.1) is 0 Å². The number of sulfonamides is 1. The molecular weight excluding hydrogens is 318 g/mol. The van der Waals surface area contributed by atoms with Gasteiger partial charge in [-0.25, -0.2) is 8.42 Å². The summed E-state index contributed by atoms with van der Waals surface area (Å²) in [7, 11) is -3.68. The molecule has 11 heteroatoms. The van der Waals surface area contributed by atoms with Gasteiger partial charge in [-0.15, -0.1) is 10.2 Å². The Morgan fingerprint density at radius 3 is 2.57 bits per heavy atom. The first-order valence-corrected chi connectivity index (χ1v) is 8.63. The van der Waals surface area contributed by atoms with Crippen molar-refractivity contribution in [2.75, 3.05) is 44.6 Å². The molecule has 0 atom stereocenters. The zero-order valence-corrected chi connectivity index (χ0v) is 13.2. The van der Waals surface area contributed by atoms with Crippen molar-refractivity contribution in [2.24, 2.45) is 0 Å². The molecular formula is C10H17N5O4S2. The van der Waals surface area contributed by atoms with Gasteiger partial charge in [-0.05, 0) is 0 Å². The standard InChI is InChI=1S/C10H17N5O4S2/c1-8(17)11-9-12-13-10(20-9)21(18,19)15-4-2-14(3-5-15)6-7-16/h16H,2-7H2,1H3,(H,11,12,17). The van der Waals surface area contributed by atoms with E-state index >= 15 is 0 Å². The lowest BCUT2D eigenvalue weighted by molar-refractivity contribution is -0.114. The first kappa shape index (κ1) is 16.2. The van der Waals surface area contributed by atoms with Gasteiger partial charge in [-0.1, -0.05) is 11.3 Å². The van der Waals surface area contributed by atoms with Crippen molar-refractivity contribution in [3.8, 4) is 0 Å². The molecule has 1 amide bonds. The van der Waals surface area contributed by atoms with Crippen LogP contribution in [-0.2, 0) is 14.8 Å². The molecule has 118 valence electrons. The summed E-state index contributed by atoms with van der Waals surface area (Å²) in [5.41, 5.74) is 0. The van der Waals surface area contributed by atoms with Gasteiger partial charge < -0.3 is 10.4 Å². The third-order valence-electron chi connectivity index (χ3n) is 3.00. The minimum absolute atomic E-state index is 0.0588. The van der Waals surface area contributed by atoms with Crippen molar-refractivity contribution < 1.29 is 18.3 Å². The Morgan fingerprint density at radius 1 is 1.33 bits per heavy atom. The van der Waals surface area contributed by atoms with E-state index in [1.165, 1.54) is 11.2 Å². The van der Waals surface area contributed by atoms with E-state index in [0.29, 0.717) is 32.7 Å². The number of hydrogen-bond acceptors (Lipinski definition) is 8. The van der Waals surface area contributed by atoms with Crippen LogP contribution in [0.2, 0.25) is 0 Å². The number of β-amino-alcohol motifs (C(OH)–C–C–N with tert-alkyl or cyclic N) is 1. The molecule has 1 aliphatic heterocycles. The van der Waals surface area contributed by atoms with Crippen LogP contribution in [0.3, 0.4) is 0 Å². The Kier molecular flexibility index (Phi) is 5.22. The van der Waals surface area contributed by atoms with Gasteiger partial charge in [0.2, 0.25) is 15.4 Å². The first-order valence-electron chi connectivity index (χ1n) is 6.38. The lowest BCUT2D eigenvalue weighted by atomic mass is 10.4. The van der Waals surface area contributed by atoms with Crippen molar-refractivity contribution in [2.45, 2.75) is 11.3 Å². The summed E-state index contributed by atoms with van der Waals surface area (Å²) in [6.45, 7) is 3.74. The van der Waals surface area contributed by atoms with E-state index in [0.717, 1.165) is 11.3 Å². The topological polar surface area (TPSA) is 116 Å². The number of aromatic nitrogens is 2. The normalized spacial score (nSPS) is 17.8. The number of amides is 1. The molecule has 1 saturated heterocycles. The first-order chi connectivity index (χ1) is 9.93. The molecule has 1 aliphatic rings. The Morgan fingerprint density at radius 2 is 2.00 bits per heavy atom. The highest BCUT2D eigenvalue weighted by molar-refractivity contribution is 7.91. The fourth-order valence-electron chi connectivity index (χ4n) is 1.96. The van der Waals surface area contributed by atoms with Crippen molar-refractivity contribution in [1.29, 1.82) is 0 Å². The van der Waals surface area contributed by atoms with Gasteiger partial charge in [0.05, 0.1) is 6.61 Å². The predicted octanol–water partition coefficient (Wildman–Crippen LogP) is -1.20. The minimum atomic E-state index is -3.68. The predicted molar refractivity (Wildman–Crippen MR) is 76.5 cm³/mol. The quantitative estimate of drug-likeness (QED) is 0.649. The summed E-state index contributed by atoms with van der Waals surface area (Å²) in [6, 6.07) is 0. The minimum Gasteiger partial charge on any atom is -0.395 e. The van der Waals surface area contributed by atoms with Crippen LogP contribution in [0.5, 0.6) is 0 Å². The highest BCUT2D eigenvalue weighted by atomic mass is 32.2. The summed E-state index contributed by atoms with van der Waals surface area (Å²) >= 11 is 0.835. The summed E-state index contributed by atoms with van der Waals surface area (Å²) in [5, 5.41) is 18.7. The zero-order chi connectivity index (χ0) is 15.5. The van der Waals surface area contributed by atoms with Crippen molar-refractivity contribution >= 4 is 32.4 Å². The lowest BCUT2D eigenvalue weighted by Crippen LogP contribution is -2.49. The van der Waals surface area contributed by atoms with Crippen LogP contribution < -0.4 is 5.32 Å². The average Bonchev–Trinajstić information content (AvgIpc) is 2.88. The Hall–Kier alpha value is -1.14. The maximum Gasteiger partial charge on any atom is 0.272 e. The Balaban J connectivity index is 2.05. The molecule has 1 aromatic rings. The number of nitrogens with one attached hydrogen (secondary N) is 1. The molecule has 1 fully saturated rings. The van der Waals surface area contributed by atoms with E-state index < -0.39 is 10.0 Å². The van der Waals surface area contributed by atoms with Gasteiger partial charge in [0.1, 0.15) is 0 Å². The average molecular weight is 335 g/mol. The maximum absolute atomic E-state index is 12.4. The second-order valence-electron chi connectivity index (χ2n) is 4.52. The van der Waals surface area contributed by atoms with Crippen LogP contribution in [0.15, 0.2) is 4.34 Å². The number of hydrogen-bond donors (Lipinski definition) is 2. The molecule has 0 radical (unpaired) electrons. The van der Waals surface area contributed by atoms with E-state index in [-0.39, 0.29) is 22.0 Å². The second kappa shape index (κ2) is 6.75. The molecule has 0 aliphatic carbocycles. The van der Waals surface area contributed by atoms with Gasteiger partial charge in [0.25, 0.3) is 10.0 Å². The smallest absolute Gasteiger partial charge is 0.272 e. The molecule has 2 rings (SSSR count). The monoisotopic (exact) mass is 335 g/mol. The molecule has 2 heterocycles. The third kappa shape index (κ3) is 3.95. The summed E-state index contributed by atoms with van der Waals surface area (Å²) in [6.07, 6.45) is 0. The number of piperazine rings is 1. The van der Waals surface area contributed by atoms with Crippen LogP contribution in [-0.4, -0.2) is 78.2 Å². The van der Waals surface area contributed by atoms with Crippen LogP contribution in [0.4, 0.5) is 5.13 Å². The molecule has 21 heavy (non-hydrogen) atoms. The lowest BCUT2D eigenvalue weighted by Gasteiger charge is -2.32. The number of carbonyl (C=O) groups excluding carboxylic acids is 1. The van der Waals surface area contributed by atoms with Crippen LogP contribution in [0.25, 0.3) is 0 Å². The van der Waals surface area contributed by atoms with Crippen molar-refractivity contribution in [1.82, 2.24) is 19.4 Å². The molecule has 9 nitrogen and oxygen atoms in total. The van der Waals surface area contributed by atoms with E-state index in [9.17, 15) is 13.2 Å². The summed E-state index contributed by atoms with van der Waals surface area (Å²) in [4.78, 5) is 12.9. The van der Waals surface area contributed by atoms with Gasteiger partial charge >= 0.3 is 0 Å². The number of anilines is 1. The second-order valence-corrected chi connectivity index (χ2v) is 7.61.